The molecule has 1 aliphatic rings. The van der Waals surface area contributed by atoms with Crippen LogP contribution in [0.1, 0.15) is 18.1 Å². The maximum atomic E-state index is 6.07. The average Bonchev–Trinajstić information content (AvgIpc) is 2.73. The van der Waals surface area contributed by atoms with Crippen LogP contribution in [0.5, 0.6) is 5.75 Å². The Hall–Kier alpha value is -0.990. The van der Waals surface area contributed by atoms with Crippen molar-refractivity contribution in [2.45, 2.75) is 25.9 Å². The van der Waals surface area contributed by atoms with Crippen LogP contribution >= 0.6 is 11.6 Å². The zero-order chi connectivity index (χ0) is 11.5. The quantitative estimate of drug-likeness (QED) is 0.813. The Morgan fingerprint density at radius 3 is 3.19 bits per heavy atom. The highest BCUT2D eigenvalue weighted by atomic mass is 35.5. The van der Waals surface area contributed by atoms with Crippen LogP contribution in [0.25, 0.3) is 0 Å². The van der Waals surface area contributed by atoms with E-state index in [-0.39, 0.29) is 6.04 Å². The highest BCUT2D eigenvalue weighted by Gasteiger charge is 2.17. The number of hydrogen-bond acceptors (Lipinski definition) is 2. The lowest BCUT2D eigenvalue weighted by atomic mass is 10.1. The lowest BCUT2D eigenvalue weighted by Crippen LogP contribution is -2.23. The minimum absolute atomic E-state index is 0.288. The topological polar surface area (TPSA) is 21.3 Å². The Labute approximate surface area is 101 Å². The summed E-state index contributed by atoms with van der Waals surface area (Å²) in [6.07, 6.45) is 2.84. The Kier molecular flexibility index (Phi) is 3.52. The van der Waals surface area contributed by atoms with Gasteiger partial charge in [-0.3, -0.25) is 0 Å². The summed E-state index contributed by atoms with van der Waals surface area (Å²) in [6.45, 7) is 7.33. The van der Waals surface area contributed by atoms with Crippen LogP contribution in [0.2, 0.25) is 5.02 Å². The van der Waals surface area contributed by atoms with Crippen molar-refractivity contribution in [2.24, 2.45) is 0 Å². The fraction of sp³-hybridized carbons (Fsp3) is 0.385. The summed E-state index contributed by atoms with van der Waals surface area (Å²) in [5, 5.41) is 4.13. The van der Waals surface area contributed by atoms with Gasteiger partial charge < -0.3 is 10.1 Å². The molecule has 0 fully saturated rings. The Bertz CT molecular complexity index is 403. The van der Waals surface area contributed by atoms with Gasteiger partial charge in [0.15, 0.2) is 0 Å². The summed E-state index contributed by atoms with van der Waals surface area (Å²) >= 11 is 6.07. The molecule has 0 saturated heterocycles. The molecule has 1 unspecified atom stereocenters. The summed E-state index contributed by atoms with van der Waals surface area (Å²) in [4.78, 5) is 0. The van der Waals surface area contributed by atoms with Gasteiger partial charge >= 0.3 is 0 Å². The van der Waals surface area contributed by atoms with Crippen molar-refractivity contribution >= 4 is 11.6 Å². The van der Waals surface area contributed by atoms with Crippen molar-refractivity contribution in [3.8, 4) is 5.75 Å². The molecule has 1 aromatic carbocycles. The molecule has 2 nitrogen and oxygen atoms in total. The van der Waals surface area contributed by atoms with Crippen LogP contribution in [0, 0.1) is 0 Å². The predicted molar refractivity (Wildman–Crippen MR) is 67.1 cm³/mol. The minimum atomic E-state index is 0.288. The van der Waals surface area contributed by atoms with Crippen molar-refractivity contribution < 1.29 is 4.74 Å². The summed E-state index contributed by atoms with van der Waals surface area (Å²) in [6, 6.07) is 4.25. The number of rotatable bonds is 4. The molecule has 2 rings (SSSR count). The maximum absolute atomic E-state index is 6.07. The van der Waals surface area contributed by atoms with E-state index in [1.54, 1.807) is 0 Å². The number of hydrogen-bond donors (Lipinski definition) is 1. The molecule has 16 heavy (non-hydrogen) atoms. The number of ether oxygens (including phenoxy) is 1. The molecule has 1 aromatic rings. The van der Waals surface area contributed by atoms with Gasteiger partial charge in [0.05, 0.1) is 6.61 Å². The second-order valence-corrected chi connectivity index (χ2v) is 4.49. The number of halogens is 1. The molecule has 0 bridgehead atoms. The smallest absolute Gasteiger partial charge is 0.127 e. The first-order valence-corrected chi connectivity index (χ1v) is 5.88. The van der Waals surface area contributed by atoms with Gasteiger partial charge in [-0.25, -0.2) is 0 Å². The number of benzene rings is 1. The van der Waals surface area contributed by atoms with Gasteiger partial charge in [0.1, 0.15) is 5.75 Å². The van der Waals surface area contributed by atoms with E-state index in [9.17, 15) is 0 Å². The Balaban J connectivity index is 2.17. The minimum Gasteiger partial charge on any atom is -0.493 e. The zero-order valence-corrected chi connectivity index (χ0v) is 10.2. The SMILES string of the molecule is C=CC(C)NCc1cc(Cl)cc2c1OCC2. The van der Waals surface area contributed by atoms with E-state index in [1.807, 2.05) is 18.2 Å². The van der Waals surface area contributed by atoms with Crippen molar-refractivity contribution in [3.05, 3.63) is 40.9 Å². The lowest BCUT2D eigenvalue weighted by Gasteiger charge is -2.12. The molecule has 0 radical (unpaired) electrons. The third-order valence-corrected chi connectivity index (χ3v) is 3.01. The third-order valence-electron chi connectivity index (χ3n) is 2.79. The van der Waals surface area contributed by atoms with Crippen molar-refractivity contribution in [1.29, 1.82) is 0 Å². The summed E-state index contributed by atoms with van der Waals surface area (Å²) < 4.78 is 5.63. The standard InChI is InChI=1S/C13H16ClNO/c1-3-9(2)15-8-11-7-12(14)6-10-4-5-16-13(10)11/h3,6-7,9,15H,1,4-5,8H2,2H3. The van der Waals surface area contributed by atoms with Crippen LogP contribution in [0.4, 0.5) is 0 Å². The molecule has 1 heterocycles. The molecule has 1 N–H and O–H groups in total. The highest BCUT2D eigenvalue weighted by Crippen LogP contribution is 2.32. The summed E-state index contributed by atoms with van der Waals surface area (Å²) in [5.74, 6) is 1.01. The van der Waals surface area contributed by atoms with Crippen LogP contribution < -0.4 is 10.1 Å². The van der Waals surface area contributed by atoms with E-state index in [4.69, 9.17) is 16.3 Å². The van der Waals surface area contributed by atoms with Crippen LogP contribution in [0.15, 0.2) is 24.8 Å². The van der Waals surface area contributed by atoms with Crippen LogP contribution in [0.3, 0.4) is 0 Å². The maximum Gasteiger partial charge on any atom is 0.127 e. The normalized spacial score (nSPS) is 15.4. The monoisotopic (exact) mass is 237 g/mol. The Morgan fingerprint density at radius 1 is 1.62 bits per heavy atom. The van der Waals surface area contributed by atoms with Gasteiger partial charge in [-0.15, -0.1) is 6.58 Å². The fourth-order valence-corrected chi connectivity index (χ4v) is 2.10. The van der Waals surface area contributed by atoms with E-state index in [0.717, 1.165) is 35.9 Å². The highest BCUT2D eigenvalue weighted by molar-refractivity contribution is 6.30. The summed E-state index contributed by atoms with van der Waals surface area (Å²) in [7, 11) is 0. The van der Waals surface area contributed by atoms with E-state index in [2.05, 4.69) is 18.8 Å². The molecule has 0 aromatic heterocycles. The molecule has 3 heteroatoms. The average molecular weight is 238 g/mol. The van der Waals surface area contributed by atoms with E-state index in [1.165, 1.54) is 5.56 Å². The molecule has 0 saturated carbocycles. The van der Waals surface area contributed by atoms with Gasteiger partial charge in [-0.05, 0) is 24.6 Å². The van der Waals surface area contributed by atoms with Crippen molar-refractivity contribution in [3.63, 3.8) is 0 Å². The molecule has 0 spiro atoms. The molecular formula is C13H16ClNO. The molecule has 1 aliphatic heterocycles. The molecule has 1 atom stereocenters. The zero-order valence-electron chi connectivity index (χ0n) is 9.42. The van der Waals surface area contributed by atoms with Crippen LogP contribution in [-0.4, -0.2) is 12.6 Å². The van der Waals surface area contributed by atoms with Crippen molar-refractivity contribution in [1.82, 2.24) is 5.32 Å². The second-order valence-electron chi connectivity index (χ2n) is 4.06. The second kappa shape index (κ2) is 4.89. The van der Waals surface area contributed by atoms with E-state index in [0.29, 0.717) is 0 Å². The Morgan fingerprint density at radius 2 is 2.44 bits per heavy atom. The first-order valence-electron chi connectivity index (χ1n) is 5.50. The van der Waals surface area contributed by atoms with Gasteiger partial charge in [-0.2, -0.15) is 0 Å². The van der Waals surface area contributed by atoms with Crippen LogP contribution in [-0.2, 0) is 13.0 Å². The van der Waals surface area contributed by atoms with Gasteiger partial charge in [0.25, 0.3) is 0 Å². The van der Waals surface area contributed by atoms with E-state index < -0.39 is 0 Å². The lowest BCUT2D eigenvalue weighted by molar-refractivity contribution is 0.352. The third kappa shape index (κ3) is 2.39. The molecule has 0 amide bonds. The molecule has 86 valence electrons. The fourth-order valence-electron chi connectivity index (χ4n) is 1.83. The molecular weight excluding hydrogens is 222 g/mol. The predicted octanol–water partition coefficient (Wildman–Crippen LogP) is 2.94. The van der Waals surface area contributed by atoms with Gasteiger partial charge in [0, 0.05) is 29.6 Å². The first kappa shape index (κ1) is 11.5. The van der Waals surface area contributed by atoms with Gasteiger partial charge in [0.2, 0.25) is 0 Å². The number of fused-ring (bicyclic) bond motifs is 1. The van der Waals surface area contributed by atoms with E-state index >= 15 is 0 Å². The molecule has 0 aliphatic carbocycles. The first-order chi connectivity index (χ1) is 7.70. The van der Waals surface area contributed by atoms with Crippen molar-refractivity contribution in [2.75, 3.05) is 6.61 Å². The largest absolute Gasteiger partial charge is 0.493 e. The van der Waals surface area contributed by atoms with Gasteiger partial charge in [-0.1, -0.05) is 17.7 Å². The summed E-state index contributed by atoms with van der Waals surface area (Å²) in [5.41, 5.74) is 2.35. The number of nitrogens with one attached hydrogen (secondary N) is 1.